The highest BCUT2D eigenvalue weighted by Gasteiger charge is 2.27. The molecule has 0 spiro atoms. The zero-order chi connectivity index (χ0) is 11.8. The summed E-state index contributed by atoms with van der Waals surface area (Å²) in [6.07, 6.45) is 3.62. The molecule has 3 heteroatoms. The summed E-state index contributed by atoms with van der Waals surface area (Å²) in [4.78, 5) is 0. The van der Waals surface area contributed by atoms with Gasteiger partial charge in [0.1, 0.15) is 11.5 Å². The largest absolute Gasteiger partial charge is 0.460 e. The van der Waals surface area contributed by atoms with Gasteiger partial charge in [-0.1, -0.05) is 52.9 Å². The van der Waals surface area contributed by atoms with Gasteiger partial charge in [0.05, 0.1) is 3.57 Å². The number of furan rings is 1. The topological polar surface area (TPSA) is 13.1 Å². The molecule has 0 saturated carbocycles. The van der Waals surface area contributed by atoms with E-state index < -0.39 is 0 Å². The third-order valence-corrected chi connectivity index (χ3v) is 5.49. The molecular weight excluding hydrogens is 438 g/mol. The molecule has 1 aliphatic carbocycles. The zero-order valence-corrected chi connectivity index (χ0v) is 13.6. The van der Waals surface area contributed by atoms with Crippen LogP contribution in [0.4, 0.5) is 0 Å². The summed E-state index contributed by atoms with van der Waals surface area (Å²) >= 11 is 4.98. The maximum Gasteiger partial charge on any atom is 0.147 e. The predicted molar refractivity (Wildman–Crippen MR) is 86.6 cm³/mol. The van der Waals surface area contributed by atoms with Crippen molar-refractivity contribution in [1.29, 1.82) is 0 Å². The highest BCUT2D eigenvalue weighted by molar-refractivity contribution is 14.1. The Balaban J connectivity index is 2.14. The minimum absolute atomic E-state index is 0.615. The van der Waals surface area contributed by atoms with Crippen molar-refractivity contribution in [1.82, 2.24) is 0 Å². The summed E-state index contributed by atoms with van der Waals surface area (Å²) in [7, 11) is 0. The van der Waals surface area contributed by atoms with Crippen LogP contribution in [0, 0.1) is 3.57 Å². The third-order valence-electron chi connectivity index (χ3n) is 3.17. The Morgan fingerprint density at radius 3 is 2.65 bits per heavy atom. The van der Waals surface area contributed by atoms with E-state index >= 15 is 0 Å². The van der Waals surface area contributed by atoms with Crippen molar-refractivity contribution in [3.05, 3.63) is 45.2 Å². The lowest BCUT2D eigenvalue weighted by molar-refractivity contribution is 0.488. The molecule has 1 aromatic carbocycles. The Kier molecular flexibility index (Phi) is 3.47. The zero-order valence-electron chi connectivity index (χ0n) is 9.25. The average Bonchev–Trinajstić information content (AvgIpc) is 2.69. The van der Waals surface area contributed by atoms with Crippen LogP contribution in [0.1, 0.15) is 28.1 Å². The molecule has 0 fully saturated rings. The second-order valence-corrected chi connectivity index (χ2v) is 6.89. The fourth-order valence-corrected chi connectivity index (χ4v) is 5.12. The number of rotatable bonds is 1. The number of alkyl halides is 1. The van der Waals surface area contributed by atoms with Crippen LogP contribution in [-0.2, 0) is 6.42 Å². The van der Waals surface area contributed by atoms with Crippen LogP contribution in [-0.4, -0.2) is 0 Å². The van der Waals surface area contributed by atoms with Gasteiger partial charge in [-0.2, -0.15) is 0 Å². The van der Waals surface area contributed by atoms with Crippen molar-refractivity contribution >= 4 is 45.2 Å². The van der Waals surface area contributed by atoms with Gasteiger partial charge in [0.15, 0.2) is 0 Å². The number of benzene rings is 1. The van der Waals surface area contributed by atoms with Gasteiger partial charge in [0, 0.05) is 21.5 Å². The lowest BCUT2D eigenvalue weighted by Crippen LogP contribution is -2.02. The fraction of sp³-hybridized carbons (Fsp3) is 0.286. The van der Waals surface area contributed by atoms with E-state index in [4.69, 9.17) is 4.42 Å². The van der Waals surface area contributed by atoms with Crippen LogP contribution in [0.2, 0.25) is 0 Å². The molecule has 0 unspecified atom stereocenters. The lowest BCUT2D eigenvalue weighted by atomic mass is 9.98. The van der Waals surface area contributed by atoms with Gasteiger partial charge in [-0.15, -0.1) is 0 Å². The van der Waals surface area contributed by atoms with Gasteiger partial charge in [0.2, 0.25) is 0 Å². The first-order valence-corrected chi connectivity index (χ1v) is 8.10. The number of aryl methyl sites for hydroxylation is 1. The maximum atomic E-state index is 6.08. The van der Waals surface area contributed by atoms with E-state index in [9.17, 15) is 0 Å². The van der Waals surface area contributed by atoms with Crippen molar-refractivity contribution in [2.75, 3.05) is 0 Å². The van der Waals surface area contributed by atoms with Gasteiger partial charge in [-0.05, 0) is 35.4 Å². The molecule has 1 heterocycles. The van der Waals surface area contributed by atoms with Crippen LogP contribution in [0.5, 0.6) is 0 Å². The van der Waals surface area contributed by atoms with Crippen LogP contribution < -0.4 is 0 Å². The summed E-state index contributed by atoms with van der Waals surface area (Å²) in [6, 6.07) is 10.4. The van der Waals surface area contributed by atoms with Crippen LogP contribution in [0.25, 0.3) is 11.3 Å². The Morgan fingerprint density at radius 2 is 1.94 bits per heavy atom. The summed E-state index contributed by atoms with van der Waals surface area (Å²) < 4.78 is 8.00. The lowest BCUT2D eigenvalue weighted by Gasteiger charge is -2.15. The first-order chi connectivity index (χ1) is 8.27. The number of fused-ring (bicyclic) bond motifs is 1. The molecule has 88 valence electrons. The highest BCUT2D eigenvalue weighted by Crippen LogP contribution is 2.44. The van der Waals surface area contributed by atoms with Crippen molar-refractivity contribution in [3.63, 3.8) is 0 Å². The van der Waals surface area contributed by atoms with Crippen LogP contribution in [0.3, 0.4) is 0 Å². The van der Waals surface area contributed by atoms with Crippen LogP contribution >= 0.6 is 45.2 Å². The summed E-state index contributed by atoms with van der Waals surface area (Å²) in [5.74, 6) is 2.26. The summed E-state index contributed by atoms with van der Waals surface area (Å²) in [6.45, 7) is 0. The molecule has 0 N–H and O–H groups in total. The molecule has 1 nitrogen and oxygen atoms in total. The van der Waals surface area contributed by atoms with Crippen molar-refractivity contribution < 1.29 is 4.42 Å². The molecule has 17 heavy (non-hydrogen) atoms. The van der Waals surface area contributed by atoms with Crippen molar-refractivity contribution in [2.45, 2.75) is 23.2 Å². The maximum absolute atomic E-state index is 6.08. The average molecular weight is 450 g/mol. The molecule has 3 rings (SSSR count). The minimum atomic E-state index is 0.615. The molecule has 1 aromatic heterocycles. The summed E-state index contributed by atoms with van der Waals surface area (Å²) in [5, 5.41) is 0. The van der Waals surface area contributed by atoms with Gasteiger partial charge in [0.25, 0.3) is 0 Å². The highest BCUT2D eigenvalue weighted by atomic mass is 127. The van der Waals surface area contributed by atoms with E-state index in [1.54, 1.807) is 0 Å². The van der Waals surface area contributed by atoms with E-state index in [1.165, 1.54) is 33.3 Å². The summed E-state index contributed by atoms with van der Waals surface area (Å²) in [5.41, 5.74) is 2.63. The molecule has 0 bridgehead atoms. The molecule has 1 aliphatic rings. The molecule has 1 atom stereocenters. The molecule has 0 radical (unpaired) electrons. The first kappa shape index (κ1) is 12.0. The molecule has 0 amide bonds. The third kappa shape index (κ3) is 2.16. The standard InChI is InChI=1S/C14H12I2O/c15-10-7-4-8-11-12(10)13(16)14(17-11)9-5-2-1-3-6-9/h1-3,5-6,10H,4,7-8H2/t10-/m0/s1. The second-order valence-electron chi connectivity index (χ2n) is 4.31. The first-order valence-electron chi connectivity index (χ1n) is 5.78. The van der Waals surface area contributed by atoms with E-state index in [1.807, 2.05) is 6.07 Å². The second kappa shape index (κ2) is 4.91. The minimum Gasteiger partial charge on any atom is -0.460 e. The molecular formula is C14H12I2O. The predicted octanol–water partition coefficient (Wildman–Crippen LogP) is 5.36. The fourth-order valence-electron chi connectivity index (χ4n) is 2.33. The van der Waals surface area contributed by atoms with Gasteiger partial charge < -0.3 is 4.42 Å². The number of halogens is 2. The van der Waals surface area contributed by atoms with Gasteiger partial charge in [-0.25, -0.2) is 0 Å². The number of hydrogen-bond acceptors (Lipinski definition) is 1. The molecule has 0 aliphatic heterocycles. The SMILES string of the molecule is Ic1c(-c2ccccc2)oc2c1[C@@H](I)CCC2. The normalized spacial score (nSPS) is 19.1. The monoisotopic (exact) mass is 450 g/mol. The van der Waals surface area contributed by atoms with Gasteiger partial charge >= 0.3 is 0 Å². The Labute approximate surface area is 128 Å². The van der Waals surface area contributed by atoms with E-state index in [2.05, 4.69) is 69.4 Å². The quantitative estimate of drug-likeness (QED) is 0.421. The number of hydrogen-bond donors (Lipinski definition) is 0. The van der Waals surface area contributed by atoms with E-state index in [-0.39, 0.29) is 0 Å². The van der Waals surface area contributed by atoms with Crippen LogP contribution in [0.15, 0.2) is 34.7 Å². The van der Waals surface area contributed by atoms with E-state index in [0.29, 0.717) is 3.92 Å². The molecule has 2 aromatic rings. The Morgan fingerprint density at radius 1 is 1.18 bits per heavy atom. The van der Waals surface area contributed by atoms with E-state index in [0.717, 1.165) is 12.2 Å². The molecule has 0 saturated heterocycles. The Bertz CT molecular complexity index is 531. The Hall–Kier alpha value is -0.0400. The van der Waals surface area contributed by atoms with Crippen molar-refractivity contribution in [2.24, 2.45) is 0 Å². The van der Waals surface area contributed by atoms with Crippen molar-refractivity contribution in [3.8, 4) is 11.3 Å². The smallest absolute Gasteiger partial charge is 0.147 e. The van der Waals surface area contributed by atoms with Gasteiger partial charge in [-0.3, -0.25) is 0 Å².